The molecule has 1 fully saturated rings. The molecule has 0 saturated heterocycles. The molecule has 2 aliphatic rings. The summed E-state index contributed by atoms with van der Waals surface area (Å²) in [6.45, 7) is 3.37. The summed E-state index contributed by atoms with van der Waals surface area (Å²) in [4.78, 5) is 14.9. The first kappa shape index (κ1) is 23.9. The first-order valence-electron chi connectivity index (χ1n) is 10.3. The molecule has 33 heavy (non-hydrogen) atoms. The predicted molar refractivity (Wildman–Crippen MR) is 112 cm³/mol. The van der Waals surface area contributed by atoms with Gasteiger partial charge in [-0.2, -0.15) is 26.3 Å². The molecule has 0 bridgehead atoms. The second-order valence-corrected chi connectivity index (χ2v) is 10.2. The van der Waals surface area contributed by atoms with E-state index in [-0.39, 0.29) is 16.5 Å². The number of halogens is 6. The fourth-order valence-corrected chi connectivity index (χ4v) is 5.82. The molecule has 0 unspecified atom stereocenters. The Morgan fingerprint density at radius 2 is 1.61 bits per heavy atom. The fourth-order valence-electron chi connectivity index (χ4n) is 4.27. The lowest BCUT2D eigenvalue weighted by Crippen LogP contribution is -2.54. The molecule has 3 nitrogen and oxygen atoms in total. The number of benzene rings is 2. The summed E-state index contributed by atoms with van der Waals surface area (Å²) in [5.74, 6) is -0.740. The van der Waals surface area contributed by atoms with E-state index in [9.17, 15) is 36.2 Å². The number of hydrogen-bond acceptors (Lipinski definition) is 3. The monoisotopic (exact) mass is 489 g/mol. The average Bonchev–Trinajstić information content (AvgIpc) is 3.49. The van der Waals surface area contributed by atoms with E-state index in [2.05, 4.69) is 0 Å². The van der Waals surface area contributed by atoms with Gasteiger partial charge in [-0.25, -0.2) is 0 Å². The summed E-state index contributed by atoms with van der Waals surface area (Å²) in [5.41, 5.74) is -5.26. The summed E-state index contributed by atoms with van der Waals surface area (Å²) >= 11 is 1.17. The molecule has 2 aromatic carbocycles. The minimum Gasteiger partial charge on any atom is -0.369 e. The van der Waals surface area contributed by atoms with Gasteiger partial charge in [-0.15, -0.1) is 11.8 Å². The van der Waals surface area contributed by atoms with Crippen LogP contribution in [0.4, 0.5) is 32.0 Å². The predicted octanol–water partition coefficient (Wildman–Crippen LogP) is 6.37. The van der Waals surface area contributed by atoms with Crippen molar-refractivity contribution >= 4 is 23.4 Å². The highest BCUT2D eigenvalue weighted by atomic mass is 32.2. The zero-order valence-electron chi connectivity index (χ0n) is 17.7. The Morgan fingerprint density at radius 1 is 1.03 bits per heavy atom. The molecule has 4 rings (SSSR count). The van der Waals surface area contributed by atoms with Crippen LogP contribution >= 0.6 is 11.8 Å². The summed E-state index contributed by atoms with van der Waals surface area (Å²) in [7, 11) is 0. The molecule has 178 valence electrons. The SMILES string of the molecule is CC(C)C(=O)N1c2ccc(C(O)(C(F)(F)F)C(F)(F)F)cc2SC2(CC2)[C@@H]1c1ccccc1. The summed E-state index contributed by atoms with van der Waals surface area (Å²) < 4.78 is 80.0. The minimum absolute atomic E-state index is 0.109. The molecule has 0 aromatic heterocycles. The van der Waals surface area contributed by atoms with Crippen LogP contribution in [-0.2, 0) is 10.4 Å². The van der Waals surface area contributed by atoms with Gasteiger partial charge in [0.2, 0.25) is 5.91 Å². The molecular weight excluding hydrogens is 468 g/mol. The molecule has 1 atom stereocenters. The van der Waals surface area contributed by atoms with Crippen molar-refractivity contribution in [3.63, 3.8) is 0 Å². The van der Waals surface area contributed by atoms with E-state index in [1.165, 1.54) is 16.7 Å². The van der Waals surface area contributed by atoms with Crippen LogP contribution in [0.25, 0.3) is 0 Å². The van der Waals surface area contributed by atoms with E-state index in [4.69, 9.17) is 0 Å². The second-order valence-electron chi connectivity index (χ2n) is 8.73. The van der Waals surface area contributed by atoms with E-state index < -0.39 is 40.2 Å². The number of nitrogens with zero attached hydrogens (tertiary/aromatic N) is 1. The smallest absolute Gasteiger partial charge is 0.369 e. The highest BCUT2D eigenvalue weighted by Crippen LogP contribution is 2.66. The Hall–Kier alpha value is -2.20. The normalized spacial score (nSPS) is 20.2. The molecule has 0 radical (unpaired) electrons. The minimum atomic E-state index is -5.98. The van der Waals surface area contributed by atoms with Crippen LogP contribution in [0.5, 0.6) is 0 Å². The molecule has 2 aromatic rings. The maximum Gasteiger partial charge on any atom is 0.430 e. The van der Waals surface area contributed by atoms with Gasteiger partial charge in [0.1, 0.15) is 0 Å². The maximum absolute atomic E-state index is 13.4. The van der Waals surface area contributed by atoms with Crippen LogP contribution in [0.3, 0.4) is 0 Å². The molecule has 1 saturated carbocycles. The first-order chi connectivity index (χ1) is 15.2. The number of fused-ring (bicyclic) bond motifs is 1. The fraction of sp³-hybridized carbons (Fsp3) is 0.435. The van der Waals surface area contributed by atoms with Crippen LogP contribution in [0.2, 0.25) is 0 Å². The summed E-state index contributed by atoms with van der Waals surface area (Å²) in [6.07, 6.45) is -10.7. The number of amides is 1. The van der Waals surface area contributed by atoms with Crippen LogP contribution in [0, 0.1) is 5.92 Å². The Balaban J connectivity index is 1.91. The number of rotatable bonds is 3. The third kappa shape index (κ3) is 3.71. The number of thioether (sulfide) groups is 1. The van der Waals surface area contributed by atoms with Crippen LogP contribution in [-0.4, -0.2) is 28.1 Å². The van der Waals surface area contributed by atoms with Gasteiger partial charge in [0.25, 0.3) is 5.60 Å². The Kier molecular flexibility index (Phi) is 5.56. The third-order valence-electron chi connectivity index (χ3n) is 6.12. The van der Waals surface area contributed by atoms with Gasteiger partial charge >= 0.3 is 12.4 Å². The van der Waals surface area contributed by atoms with Gasteiger partial charge < -0.3 is 10.0 Å². The van der Waals surface area contributed by atoms with Gasteiger partial charge in [-0.3, -0.25) is 4.79 Å². The average molecular weight is 489 g/mol. The zero-order valence-corrected chi connectivity index (χ0v) is 18.5. The van der Waals surface area contributed by atoms with E-state index >= 15 is 0 Å². The number of carbonyl (C=O) groups excluding carboxylic acids is 1. The molecule has 10 heteroatoms. The molecule has 1 heterocycles. The van der Waals surface area contributed by atoms with Crippen molar-refractivity contribution in [1.29, 1.82) is 0 Å². The summed E-state index contributed by atoms with van der Waals surface area (Å²) in [6, 6.07) is 11.2. The Labute approximate surface area is 190 Å². The molecule has 1 amide bonds. The van der Waals surface area contributed by atoms with Gasteiger partial charge in [0.15, 0.2) is 0 Å². The third-order valence-corrected chi connectivity index (χ3v) is 7.70. The van der Waals surface area contributed by atoms with Crippen LogP contribution in [0.15, 0.2) is 53.4 Å². The quantitative estimate of drug-likeness (QED) is 0.510. The van der Waals surface area contributed by atoms with E-state index in [1.807, 2.05) is 30.3 Å². The van der Waals surface area contributed by atoms with Gasteiger partial charge in [-0.05, 0) is 30.5 Å². The van der Waals surface area contributed by atoms with Crippen LogP contribution < -0.4 is 4.90 Å². The lowest BCUT2D eigenvalue weighted by Gasteiger charge is -2.44. The second kappa shape index (κ2) is 7.66. The Bertz CT molecular complexity index is 1050. The van der Waals surface area contributed by atoms with Crippen molar-refractivity contribution in [2.45, 2.75) is 60.3 Å². The zero-order chi connectivity index (χ0) is 24.4. The lowest BCUT2D eigenvalue weighted by atomic mass is 9.91. The van der Waals surface area contributed by atoms with Crippen molar-refractivity contribution in [2.75, 3.05) is 4.90 Å². The largest absolute Gasteiger partial charge is 0.430 e. The number of aliphatic hydroxyl groups is 1. The van der Waals surface area contributed by atoms with Gasteiger partial charge in [0.05, 0.1) is 11.7 Å². The summed E-state index contributed by atoms with van der Waals surface area (Å²) in [5, 5.41) is 9.86. The van der Waals surface area contributed by atoms with Crippen molar-refractivity contribution < 1.29 is 36.2 Å². The molecule has 1 N–H and O–H groups in total. The number of hydrogen-bond donors (Lipinski definition) is 1. The topological polar surface area (TPSA) is 40.5 Å². The first-order valence-corrected chi connectivity index (χ1v) is 11.1. The molecule has 1 aliphatic carbocycles. The number of alkyl halides is 6. The van der Waals surface area contributed by atoms with E-state index in [0.29, 0.717) is 18.9 Å². The lowest BCUT2D eigenvalue weighted by molar-refractivity contribution is -0.376. The van der Waals surface area contributed by atoms with Crippen molar-refractivity contribution in [3.8, 4) is 0 Å². The van der Waals surface area contributed by atoms with Crippen molar-refractivity contribution in [1.82, 2.24) is 0 Å². The Morgan fingerprint density at radius 3 is 2.09 bits per heavy atom. The number of anilines is 1. The van der Waals surface area contributed by atoms with Crippen molar-refractivity contribution in [3.05, 3.63) is 59.7 Å². The number of carbonyl (C=O) groups is 1. The van der Waals surface area contributed by atoms with E-state index in [0.717, 1.165) is 17.7 Å². The van der Waals surface area contributed by atoms with Crippen LogP contribution in [0.1, 0.15) is 43.9 Å². The molecular formula is C23H21F6NO2S. The molecule has 1 spiro atoms. The maximum atomic E-state index is 13.4. The van der Waals surface area contributed by atoms with Crippen molar-refractivity contribution in [2.24, 2.45) is 5.92 Å². The highest BCUT2D eigenvalue weighted by Gasteiger charge is 2.71. The highest BCUT2D eigenvalue weighted by molar-refractivity contribution is 8.01. The molecule has 1 aliphatic heterocycles. The van der Waals surface area contributed by atoms with Gasteiger partial charge in [-0.1, -0.05) is 50.2 Å². The van der Waals surface area contributed by atoms with Gasteiger partial charge in [0, 0.05) is 21.1 Å². The standard InChI is InChI=1S/C23H21F6NO2S/c1-13(2)19(31)30-16-9-8-15(21(32,22(24,25)26)23(27,28)29)12-17(16)33-20(10-11-20)18(30)14-6-4-3-5-7-14/h3-9,12-13,18,32H,10-11H2,1-2H3/t18-/m0/s1. The van der Waals surface area contributed by atoms with E-state index in [1.54, 1.807) is 13.8 Å².